The van der Waals surface area contributed by atoms with Crippen LogP contribution in [0.15, 0.2) is 24.3 Å². The van der Waals surface area contributed by atoms with Gasteiger partial charge in [-0.2, -0.15) is 0 Å². The topological polar surface area (TPSA) is 58.6 Å². The third-order valence-corrected chi connectivity index (χ3v) is 3.73. The fraction of sp³-hybridized carbons (Fsp3) is 0.562. The first-order chi connectivity index (χ1) is 9.67. The standard InChI is InChI=1S/C16H23NO3/c1-12-4-2-7-15(8-12)20-11-13-5-3-6-14(9-13)17-16(19)10-18/h3,5-6,9,12,15,18H,2,4,7-8,10-11H2,1H3,(H,17,19)/t12-,15-/m0/s1. The van der Waals surface area contributed by atoms with Gasteiger partial charge in [0.25, 0.3) is 0 Å². The summed E-state index contributed by atoms with van der Waals surface area (Å²) in [5, 5.41) is 11.4. The van der Waals surface area contributed by atoms with Crippen molar-refractivity contribution in [3.63, 3.8) is 0 Å². The number of ether oxygens (including phenoxy) is 1. The van der Waals surface area contributed by atoms with Crippen LogP contribution in [0.25, 0.3) is 0 Å². The van der Waals surface area contributed by atoms with E-state index in [2.05, 4.69) is 12.2 Å². The van der Waals surface area contributed by atoms with Crippen molar-refractivity contribution in [3.8, 4) is 0 Å². The second-order valence-electron chi connectivity index (χ2n) is 5.61. The Hall–Kier alpha value is -1.39. The zero-order valence-electron chi connectivity index (χ0n) is 12.0. The maximum atomic E-state index is 11.1. The number of carbonyl (C=O) groups is 1. The molecule has 0 bridgehead atoms. The van der Waals surface area contributed by atoms with E-state index in [0.717, 1.165) is 24.3 Å². The number of rotatable bonds is 5. The highest BCUT2D eigenvalue weighted by molar-refractivity contribution is 5.91. The van der Waals surface area contributed by atoms with Gasteiger partial charge in [-0.15, -0.1) is 0 Å². The summed E-state index contributed by atoms with van der Waals surface area (Å²) in [6.07, 6.45) is 5.20. The van der Waals surface area contributed by atoms with Crippen LogP contribution in [-0.2, 0) is 16.1 Å². The highest BCUT2D eigenvalue weighted by atomic mass is 16.5. The Balaban J connectivity index is 1.86. The molecule has 1 aromatic carbocycles. The fourth-order valence-corrected chi connectivity index (χ4v) is 2.68. The lowest BCUT2D eigenvalue weighted by Gasteiger charge is -2.26. The number of anilines is 1. The minimum absolute atomic E-state index is 0.356. The molecule has 1 aromatic rings. The minimum atomic E-state index is -0.499. The summed E-state index contributed by atoms with van der Waals surface area (Å²) in [6.45, 7) is 2.35. The van der Waals surface area contributed by atoms with Crippen LogP contribution < -0.4 is 5.32 Å². The second kappa shape index (κ2) is 7.41. The molecule has 0 unspecified atom stereocenters. The quantitative estimate of drug-likeness (QED) is 0.870. The normalized spacial score (nSPS) is 22.5. The number of hydrogen-bond donors (Lipinski definition) is 2. The average molecular weight is 277 g/mol. The zero-order valence-corrected chi connectivity index (χ0v) is 12.0. The molecular formula is C16H23NO3. The lowest BCUT2D eigenvalue weighted by molar-refractivity contribution is -0.118. The van der Waals surface area contributed by atoms with Crippen molar-refractivity contribution in [2.45, 2.75) is 45.3 Å². The Bertz CT molecular complexity index is 447. The molecule has 2 N–H and O–H groups in total. The number of nitrogens with one attached hydrogen (secondary N) is 1. The summed E-state index contributed by atoms with van der Waals surface area (Å²) in [7, 11) is 0. The summed E-state index contributed by atoms with van der Waals surface area (Å²) in [5.74, 6) is 0.355. The van der Waals surface area contributed by atoms with Gasteiger partial charge in [0, 0.05) is 5.69 Å². The van der Waals surface area contributed by atoms with Crippen molar-refractivity contribution >= 4 is 11.6 Å². The Labute approximate surface area is 120 Å². The van der Waals surface area contributed by atoms with Gasteiger partial charge < -0.3 is 15.2 Å². The van der Waals surface area contributed by atoms with E-state index in [4.69, 9.17) is 9.84 Å². The molecule has 1 aliphatic rings. The summed E-state index contributed by atoms with van der Waals surface area (Å²) in [4.78, 5) is 11.1. The molecule has 1 amide bonds. The monoisotopic (exact) mass is 277 g/mol. The molecule has 2 atom stereocenters. The van der Waals surface area contributed by atoms with Gasteiger partial charge in [-0.05, 0) is 36.5 Å². The molecule has 4 heteroatoms. The predicted octanol–water partition coefficient (Wildman–Crippen LogP) is 2.71. The van der Waals surface area contributed by atoms with E-state index in [1.54, 1.807) is 6.07 Å². The first-order valence-electron chi connectivity index (χ1n) is 7.28. The Morgan fingerprint density at radius 2 is 2.30 bits per heavy atom. The molecule has 0 aromatic heterocycles. The fourth-order valence-electron chi connectivity index (χ4n) is 2.68. The first kappa shape index (κ1) is 15.0. The van der Waals surface area contributed by atoms with Crippen molar-refractivity contribution < 1.29 is 14.6 Å². The van der Waals surface area contributed by atoms with Crippen LogP contribution in [0.4, 0.5) is 5.69 Å². The van der Waals surface area contributed by atoms with Gasteiger partial charge in [-0.3, -0.25) is 4.79 Å². The molecular weight excluding hydrogens is 254 g/mol. The van der Waals surface area contributed by atoms with Crippen molar-refractivity contribution in [1.82, 2.24) is 0 Å². The highest BCUT2D eigenvalue weighted by Crippen LogP contribution is 2.26. The van der Waals surface area contributed by atoms with Gasteiger partial charge in [0.15, 0.2) is 0 Å². The van der Waals surface area contributed by atoms with Crippen LogP contribution in [0.2, 0.25) is 0 Å². The summed E-state index contributed by atoms with van der Waals surface area (Å²) < 4.78 is 5.96. The lowest BCUT2D eigenvalue weighted by atomic mass is 9.89. The second-order valence-corrected chi connectivity index (χ2v) is 5.61. The number of benzene rings is 1. The van der Waals surface area contributed by atoms with Gasteiger partial charge in [-0.25, -0.2) is 0 Å². The highest BCUT2D eigenvalue weighted by Gasteiger charge is 2.19. The number of hydrogen-bond acceptors (Lipinski definition) is 3. The van der Waals surface area contributed by atoms with E-state index < -0.39 is 12.5 Å². The maximum Gasteiger partial charge on any atom is 0.250 e. The smallest absolute Gasteiger partial charge is 0.250 e. The van der Waals surface area contributed by atoms with E-state index in [1.165, 1.54) is 12.8 Å². The van der Waals surface area contributed by atoms with Crippen LogP contribution in [0.1, 0.15) is 38.2 Å². The van der Waals surface area contributed by atoms with Crippen LogP contribution in [0.5, 0.6) is 0 Å². The van der Waals surface area contributed by atoms with Crippen LogP contribution in [0.3, 0.4) is 0 Å². The summed E-state index contributed by atoms with van der Waals surface area (Å²) in [6, 6.07) is 7.57. The molecule has 0 spiro atoms. The van der Waals surface area contributed by atoms with Crippen molar-refractivity contribution in [2.75, 3.05) is 11.9 Å². The van der Waals surface area contributed by atoms with Crippen molar-refractivity contribution in [1.29, 1.82) is 0 Å². The van der Waals surface area contributed by atoms with E-state index >= 15 is 0 Å². The van der Waals surface area contributed by atoms with Gasteiger partial charge in [0.2, 0.25) is 5.91 Å². The number of aliphatic hydroxyl groups is 1. The Morgan fingerprint density at radius 1 is 1.45 bits per heavy atom. The van der Waals surface area contributed by atoms with E-state index in [9.17, 15) is 4.79 Å². The molecule has 0 heterocycles. The van der Waals surface area contributed by atoms with Gasteiger partial charge in [0.05, 0.1) is 12.7 Å². The summed E-state index contributed by atoms with van der Waals surface area (Å²) in [5.41, 5.74) is 1.74. The third-order valence-electron chi connectivity index (χ3n) is 3.73. The molecule has 1 aliphatic carbocycles. The van der Waals surface area contributed by atoms with Gasteiger partial charge in [0.1, 0.15) is 6.61 Å². The van der Waals surface area contributed by atoms with E-state index in [-0.39, 0.29) is 0 Å². The molecule has 110 valence electrons. The van der Waals surface area contributed by atoms with Crippen LogP contribution in [-0.4, -0.2) is 23.7 Å². The number of aliphatic hydroxyl groups excluding tert-OH is 1. The summed E-state index contributed by atoms with van der Waals surface area (Å²) >= 11 is 0. The van der Waals surface area contributed by atoms with Crippen LogP contribution >= 0.6 is 0 Å². The zero-order chi connectivity index (χ0) is 14.4. The molecule has 0 saturated heterocycles. The molecule has 20 heavy (non-hydrogen) atoms. The first-order valence-corrected chi connectivity index (χ1v) is 7.28. The molecule has 0 aliphatic heterocycles. The average Bonchev–Trinajstić information content (AvgIpc) is 2.45. The number of amides is 1. The molecule has 1 saturated carbocycles. The molecule has 1 fully saturated rings. The minimum Gasteiger partial charge on any atom is -0.387 e. The molecule has 2 rings (SSSR count). The van der Waals surface area contributed by atoms with Crippen molar-refractivity contribution in [3.05, 3.63) is 29.8 Å². The van der Waals surface area contributed by atoms with Gasteiger partial charge >= 0.3 is 0 Å². The molecule has 0 radical (unpaired) electrons. The van der Waals surface area contributed by atoms with Crippen molar-refractivity contribution in [2.24, 2.45) is 5.92 Å². The lowest BCUT2D eigenvalue weighted by Crippen LogP contribution is -2.21. The predicted molar refractivity (Wildman–Crippen MR) is 78.4 cm³/mol. The molecule has 4 nitrogen and oxygen atoms in total. The van der Waals surface area contributed by atoms with E-state index in [1.807, 2.05) is 18.2 Å². The SMILES string of the molecule is C[C@H]1CCC[C@H](OCc2cccc(NC(=O)CO)c2)C1. The largest absolute Gasteiger partial charge is 0.387 e. The third kappa shape index (κ3) is 4.62. The Morgan fingerprint density at radius 3 is 3.05 bits per heavy atom. The van der Waals surface area contributed by atoms with E-state index in [0.29, 0.717) is 18.4 Å². The van der Waals surface area contributed by atoms with Crippen LogP contribution in [0, 0.1) is 5.92 Å². The Kier molecular flexibility index (Phi) is 5.56. The maximum absolute atomic E-state index is 11.1. The van der Waals surface area contributed by atoms with Gasteiger partial charge in [-0.1, -0.05) is 31.9 Å². The number of carbonyl (C=O) groups excluding carboxylic acids is 1.